The standard InChI is InChI=1S/C11H16N2O3/c1-2-15-11(14)10-5-6-13(12-10)8-9-4-3-7-16-9/h5-6,9H,2-4,7-8H2,1H3. The fourth-order valence-corrected chi connectivity index (χ4v) is 1.77. The van der Waals surface area contributed by atoms with Crippen molar-refractivity contribution in [3.63, 3.8) is 0 Å². The van der Waals surface area contributed by atoms with Crippen LogP contribution in [0.2, 0.25) is 0 Å². The van der Waals surface area contributed by atoms with Crippen molar-refractivity contribution in [2.24, 2.45) is 0 Å². The lowest BCUT2D eigenvalue weighted by molar-refractivity contribution is 0.0516. The van der Waals surface area contributed by atoms with Crippen molar-refractivity contribution in [1.82, 2.24) is 9.78 Å². The van der Waals surface area contributed by atoms with E-state index in [1.54, 1.807) is 23.9 Å². The summed E-state index contributed by atoms with van der Waals surface area (Å²) in [5, 5.41) is 4.15. The van der Waals surface area contributed by atoms with E-state index in [0.29, 0.717) is 18.8 Å². The van der Waals surface area contributed by atoms with Gasteiger partial charge in [-0.15, -0.1) is 0 Å². The lowest BCUT2D eigenvalue weighted by Gasteiger charge is -2.08. The maximum Gasteiger partial charge on any atom is 0.358 e. The summed E-state index contributed by atoms with van der Waals surface area (Å²) in [5.74, 6) is -0.367. The van der Waals surface area contributed by atoms with Crippen LogP contribution in [0.1, 0.15) is 30.3 Å². The molecule has 16 heavy (non-hydrogen) atoms. The first-order valence-corrected chi connectivity index (χ1v) is 5.61. The zero-order valence-corrected chi connectivity index (χ0v) is 9.39. The smallest absolute Gasteiger partial charge is 0.358 e. The van der Waals surface area contributed by atoms with Crippen LogP contribution in [0.25, 0.3) is 0 Å². The Bertz CT molecular complexity index is 356. The van der Waals surface area contributed by atoms with Crippen molar-refractivity contribution >= 4 is 5.97 Å². The Morgan fingerprint density at radius 2 is 2.62 bits per heavy atom. The number of hydrogen-bond acceptors (Lipinski definition) is 4. The van der Waals surface area contributed by atoms with Crippen molar-refractivity contribution in [2.45, 2.75) is 32.4 Å². The van der Waals surface area contributed by atoms with Crippen LogP contribution < -0.4 is 0 Å². The predicted molar refractivity (Wildman–Crippen MR) is 57.2 cm³/mol. The van der Waals surface area contributed by atoms with Crippen molar-refractivity contribution in [3.05, 3.63) is 18.0 Å². The quantitative estimate of drug-likeness (QED) is 0.722. The Balaban J connectivity index is 1.93. The minimum absolute atomic E-state index is 0.231. The fraction of sp³-hybridized carbons (Fsp3) is 0.636. The van der Waals surface area contributed by atoms with Crippen LogP contribution in [0.3, 0.4) is 0 Å². The molecule has 0 bridgehead atoms. The van der Waals surface area contributed by atoms with E-state index in [9.17, 15) is 4.79 Å². The van der Waals surface area contributed by atoms with Gasteiger partial charge in [-0.05, 0) is 25.8 Å². The maximum absolute atomic E-state index is 11.4. The third kappa shape index (κ3) is 2.61. The minimum Gasteiger partial charge on any atom is -0.461 e. The monoisotopic (exact) mass is 224 g/mol. The van der Waals surface area contributed by atoms with Crippen LogP contribution in [-0.2, 0) is 16.0 Å². The van der Waals surface area contributed by atoms with Gasteiger partial charge < -0.3 is 9.47 Å². The van der Waals surface area contributed by atoms with Gasteiger partial charge in [0.1, 0.15) is 0 Å². The Morgan fingerprint density at radius 3 is 3.31 bits per heavy atom. The number of rotatable bonds is 4. The van der Waals surface area contributed by atoms with Crippen molar-refractivity contribution in [1.29, 1.82) is 0 Å². The molecule has 1 aromatic rings. The SMILES string of the molecule is CCOC(=O)c1ccn(CC2CCCO2)n1. The van der Waals surface area contributed by atoms with Crippen LogP contribution in [0.15, 0.2) is 12.3 Å². The molecule has 2 rings (SSSR count). The number of esters is 1. The molecule has 1 fully saturated rings. The van der Waals surface area contributed by atoms with E-state index in [1.807, 2.05) is 0 Å². The summed E-state index contributed by atoms with van der Waals surface area (Å²) in [4.78, 5) is 11.4. The summed E-state index contributed by atoms with van der Waals surface area (Å²) in [6.45, 7) is 3.69. The molecule has 0 aromatic carbocycles. The normalized spacial score (nSPS) is 19.9. The maximum atomic E-state index is 11.4. The molecular formula is C11H16N2O3. The first-order chi connectivity index (χ1) is 7.79. The van der Waals surface area contributed by atoms with Gasteiger partial charge in [0.2, 0.25) is 0 Å². The zero-order valence-electron chi connectivity index (χ0n) is 9.39. The van der Waals surface area contributed by atoms with Gasteiger partial charge in [0.05, 0.1) is 19.3 Å². The van der Waals surface area contributed by atoms with Gasteiger partial charge in [0.25, 0.3) is 0 Å². The highest BCUT2D eigenvalue weighted by Gasteiger charge is 2.17. The molecule has 1 unspecified atom stereocenters. The number of carbonyl (C=O) groups excluding carboxylic acids is 1. The van der Waals surface area contributed by atoms with Gasteiger partial charge in [-0.3, -0.25) is 4.68 Å². The van der Waals surface area contributed by atoms with Gasteiger partial charge in [-0.25, -0.2) is 4.79 Å². The predicted octanol–water partition coefficient (Wildman–Crippen LogP) is 1.24. The molecule has 1 atom stereocenters. The molecule has 5 nitrogen and oxygen atoms in total. The molecule has 1 saturated heterocycles. The molecule has 1 aliphatic rings. The lowest BCUT2D eigenvalue weighted by atomic mass is 10.2. The Morgan fingerprint density at radius 1 is 1.75 bits per heavy atom. The highest BCUT2D eigenvalue weighted by atomic mass is 16.5. The molecule has 88 valence electrons. The highest BCUT2D eigenvalue weighted by Crippen LogP contribution is 2.13. The van der Waals surface area contributed by atoms with Crippen LogP contribution in [0.4, 0.5) is 0 Å². The Kier molecular flexibility index (Phi) is 3.56. The number of carbonyl (C=O) groups is 1. The second-order valence-corrected chi connectivity index (χ2v) is 3.78. The zero-order chi connectivity index (χ0) is 11.4. The Labute approximate surface area is 94.3 Å². The van der Waals surface area contributed by atoms with Gasteiger partial charge in [0.15, 0.2) is 5.69 Å². The molecule has 0 radical (unpaired) electrons. The highest BCUT2D eigenvalue weighted by molar-refractivity contribution is 5.86. The first kappa shape index (κ1) is 11.1. The van der Waals surface area contributed by atoms with E-state index in [2.05, 4.69) is 5.10 Å². The molecule has 0 aliphatic carbocycles. The number of hydrogen-bond donors (Lipinski definition) is 0. The molecule has 0 saturated carbocycles. The summed E-state index contributed by atoms with van der Waals surface area (Å²) in [5.41, 5.74) is 0.361. The molecule has 0 N–H and O–H groups in total. The van der Waals surface area contributed by atoms with Crippen molar-refractivity contribution < 1.29 is 14.3 Å². The van der Waals surface area contributed by atoms with Crippen molar-refractivity contribution in [2.75, 3.05) is 13.2 Å². The van der Waals surface area contributed by atoms with Crippen LogP contribution >= 0.6 is 0 Å². The second-order valence-electron chi connectivity index (χ2n) is 3.78. The van der Waals surface area contributed by atoms with Gasteiger partial charge >= 0.3 is 5.97 Å². The molecule has 0 spiro atoms. The average Bonchev–Trinajstić information content (AvgIpc) is 2.90. The first-order valence-electron chi connectivity index (χ1n) is 5.61. The van der Waals surface area contributed by atoms with Gasteiger partial charge in [-0.2, -0.15) is 5.10 Å². The third-order valence-electron chi connectivity index (χ3n) is 2.54. The number of nitrogens with zero attached hydrogens (tertiary/aromatic N) is 2. The van der Waals surface area contributed by atoms with E-state index < -0.39 is 0 Å². The number of ether oxygens (including phenoxy) is 2. The van der Waals surface area contributed by atoms with Crippen LogP contribution in [-0.4, -0.2) is 35.1 Å². The van der Waals surface area contributed by atoms with E-state index in [-0.39, 0.29) is 12.1 Å². The summed E-state index contributed by atoms with van der Waals surface area (Å²) < 4.78 is 12.1. The topological polar surface area (TPSA) is 53.4 Å². The van der Waals surface area contributed by atoms with Crippen LogP contribution in [0, 0.1) is 0 Å². The largest absolute Gasteiger partial charge is 0.461 e. The number of aromatic nitrogens is 2. The van der Waals surface area contributed by atoms with E-state index >= 15 is 0 Å². The Hall–Kier alpha value is -1.36. The van der Waals surface area contributed by atoms with E-state index in [1.165, 1.54) is 0 Å². The lowest BCUT2D eigenvalue weighted by Crippen LogP contribution is -2.16. The van der Waals surface area contributed by atoms with Crippen LogP contribution in [0.5, 0.6) is 0 Å². The average molecular weight is 224 g/mol. The summed E-state index contributed by atoms with van der Waals surface area (Å²) in [6.07, 6.45) is 4.19. The van der Waals surface area contributed by atoms with Gasteiger partial charge in [0, 0.05) is 12.8 Å². The van der Waals surface area contributed by atoms with E-state index in [4.69, 9.17) is 9.47 Å². The van der Waals surface area contributed by atoms with Gasteiger partial charge in [-0.1, -0.05) is 0 Å². The molecule has 0 amide bonds. The molecule has 1 aliphatic heterocycles. The van der Waals surface area contributed by atoms with Crippen molar-refractivity contribution in [3.8, 4) is 0 Å². The van der Waals surface area contributed by atoms with E-state index in [0.717, 1.165) is 19.4 Å². The summed E-state index contributed by atoms with van der Waals surface area (Å²) >= 11 is 0. The summed E-state index contributed by atoms with van der Waals surface area (Å²) in [6, 6.07) is 1.67. The molecule has 2 heterocycles. The fourth-order valence-electron chi connectivity index (χ4n) is 1.77. The minimum atomic E-state index is -0.367. The third-order valence-corrected chi connectivity index (χ3v) is 2.54. The molecular weight excluding hydrogens is 208 g/mol. The molecule has 5 heteroatoms. The summed E-state index contributed by atoms with van der Waals surface area (Å²) in [7, 11) is 0. The molecule has 1 aromatic heterocycles. The second kappa shape index (κ2) is 5.12.